The zero-order chi connectivity index (χ0) is 18.2. The first kappa shape index (κ1) is 18.6. The first-order valence-electron chi connectivity index (χ1n) is 9.09. The number of thioether (sulfide) groups is 1. The van der Waals surface area contributed by atoms with Crippen molar-refractivity contribution in [1.29, 1.82) is 0 Å². The summed E-state index contributed by atoms with van der Waals surface area (Å²) in [5.41, 5.74) is 0.883. The van der Waals surface area contributed by atoms with Crippen LogP contribution in [0.25, 0.3) is 0 Å². The lowest BCUT2D eigenvalue weighted by Crippen LogP contribution is -2.25. The topological polar surface area (TPSA) is 71.3 Å². The molecule has 1 aromatic heterocycles. The Kier molecular flexibility index (Phi) is 6.77. The van der Waals surface area contributed by atoms with Gasteiger partial charge in [0.1, 0.15) is 0 Å². The van der Waals surface area contributed by atoms with Crippen LogP contribution in [0.4, 0.5) is 5.69 Å². The molecule has 0 saturated heterocycles. The highest BCUT2D eigenvalue weighted by Crippen LogP contribution is 2.38. The third kappa shape index (κ3) is 5.39. The molecule has 0 atom stereocenters. The van der Waals surface area contributed by atoms with E-state index >= 15 is 0 Å². The summed E-state index contributed by atoms with van der Waals surface area (Å²) in [5.74, 6) is -0.00208. The van der Waals surface area contributed by atoms with Crippen LogP contribution in [0, 0.1) is 0 Å². The van der Waals surface area contributed by atoms with Gasteiger partial charge in [0, 0.05) is 23.1 Å². The fourth-order valence-electron chi connectivity index (χ4n) is 3.02. The fraction of sp³-hybridized carbons (Fsp3) is 0.400. The Hall–Kier alpha value is -2.21. The highest BCUT2D eigenvalue weighted by molar-refractivity contribution is 8.00. The van der Waals surface area contributed by atoms with Crippen LogP contribution in [0.1, 0.15) is 49.1 Å². The summed E-state index contributed by atoms with van der Waals surface area (Å²) in [7, 11) is 0. The van der Waals surface area contributed by atoms with Gasteiger partial charge in [0.15, 0.2) is 5.76 Å². The minimum Gasteiger partial charge on any atom is -0.459 e. The number of furan rings is 1. The van der Waals surface area contributed by atoms with Crippen LogP contribution in [0.5, 0.6) is 0 Å². The number of benzene rings is 1. The van der Waals surface area contributed by atoms with Crippen molar-refractivity contribution in [2.24, 2.45) is 0 Å². The number of carbonyl (C=O) groups is 2. The van der Waals surface area contributed by atoms with E-state index in [0.717, 1.165) is 10.6 Å². The molecule has 2 aromatic rings. The van der Waals surface area contributed by atoms with Gasteiger partial charge in [-0.25, -0.2) is 0 Å². The van der Waals surface area contributed by atoms with Crippen molar-refractivity contribution in [2.45, 2.75) is 48.7 Å². The molecule has 0 spiro atoms. The van der Waals surface area contributed by atoms with Crippen molar-refractivity contribution in [3.05, 3.63) is 48.4 Å². The van der Waals surface area contributed by atoms with E-state index in [9.17, 15) is 9.59 Å². The molecule has 0 bridgehead atoms. The van der Waals surface area contributed by atoms with E-state index in [1.54, 1.807) is 12.1 Å². The van der Waals surface area contributed by atoms with Gasteiger partial charge >= 0.3 is 0 Å². The first-order chi connectivity index (χ1) is 12.7. The molecule has 138 valence electrons. The Morgan fingerprint density at radius 3 is 2.69 bits per heavy atom. The molecule has 2 N–H and O–H groups in total. The highest BCUT2D eigenvalue weighted by atomic mass is 32.2. The van der Waals surface area contributed by atoms with Crippen molar-refractivity contribution >= 4 is 29.3 Å². The predicted octanol–water partition coefficient (Wildman–Crippen LogP) is 4.46. The molecule has 3 rings (SSSR count). The van der Waals surface area contributed by atoms with E-state index in [-0.39, 0.29) is 17.6 Å². The van der Waals surface area contributed by atoms with E-state index in [1.807, 2.05) is 30.0 Å². The Morgan fingerprint density at radius 2 is 1.92 bits per heavy atom. The smallest absolute Gasteiger partial charge is 0.286 e. The number of carbonyl (C=O) groups excluding carboxylic acids is 2. The van der Waals surface area contributed by atoms with Gasteiger partial charge in [-0.15, -0.1) is 11.8 Å². The molecule has 0 radical (unpaired) electrons. The predicted molar refractivity (Wildman–Crippen MR) is 103 cm³/mol. The lowest BCUT2D eigenvalue weighted by molar-refractivity contribution is -0.116. The van der Waals surface area contributed by atoms with Gasteiger partial charge in [0.25, 0.3) is 5.91 Å². The molecular formula is C20H24N2O3S. The third-order valence-electron chi connectivity index (χ3n) is 4.37. The second-order valence-electron chi connectivity index (χ2n) is 6.41. The highest BCUT2D eigenvalue weighted by Gasteiger charge is 2.18. The third-order valence-corrected chi connectivity index (χ3v) is 5.78. The maximum absolute atomic E-state index is 12.2. The zero-order valence-corrected chi connectivity index (χ0v) is 15.5. The number of hydrogen-bond acceptors (Lipinski definition) is 4. The molecule has 1 heterocycles. The largest absolute Gasteiger partial charge is 0.459 e. The van der Waals surface area contributed by atoms with Gasteiger partial charge in [0.05, 0.1) is 12.0 Å². The summed E-state index contributed by atoms with van der Waals surface area (Å²) in [5, 5.41) is 6.41. The Morgan fingerprint density at radius 1 is 1.12 bits per heavy atom. The molecule has 1 aliphatic carbocycles. The lowest BCUT2D eigenvalue weighted by Gasteiger charge is -2.14. The molecule has 1 saturated carbocycles. The summed E-state index contributed by atoms with van der Waals surface area (Å²) >= 11 is 1.87. The SMILES string of the molecule is O=C(CCCNC(=O)c1ccco1)Nc1ccccc1SC1CCCC1. The second-order valence-corrected chi connectivity index (χ2v) is 7.75. The van der Waals surface area contributed by atoms with Crippen molar-refractivity contribution in [1.82, 2.24) is 5.32 Å². The van der Waals surface area contributed by atoms with Crippen LogP contribution < -0.4 is 10.6 Å². The van der Waals surface area contributed by atoms with Crippen LogP contribution in [0.15, 0.2) is 52.0 Å². The van der Waals surface area contributed by atoms with E-state index in [2.05, 4.69) is 16.7 Å². The summed E-state index contributed by atoms with van der Waals surface area (Å²) in [6, 6.07) is 11.3. The number of para-hydroxylation sites is 1. The molecule has 1 fully saturated rings. The minimum absolute atomic E-state index is 0.0308. The molecular weight excluding hydrogens is 348 g/mol. The van der Waals surface area contributed by atoms with Crippen LogP contribution >= 0.6 is 11.8 Å². The van der Waals surface area contributed by atoms with Crippen molar-refractivity contribution in [3.63, 3.8) is 0 Å². The Bertz CT molecular complexity index is 724. The fourth-order valence-corrected chi connectivity index (χ4v) is 4.35. The number of anilines is 1. The molecule has 0 unspecified atom stereocenters. The molecule has 2 amide bonds. The van der Waals surface area contributed by atoms with Crippen LogP contribution in [0.2, 0.25) is 0 Å². The van der Waals surface area contributed by atoms with Gasteiger partial charge < -0.3 is 15.1 Å². The average molecular weight is 372 g/mol. The van der Waals surface area contributed by atoms with E-state index in [4.69, 9.17) is 4.42 Å². The standard InChI is InChI=1S/C20H24N2O3S/c23-19(12-5-13-21-20(24)17-10-6-14-25-17)22-16-9-3-4-11-18(16)26-15-7-1-2-8-15/h3-4,6,9-11,14-15H,1-2,5,7-8,12-13H2,(H,21,24)(H,22,23). The van der Waals surface area contributed by atoms with E-state index < -0.39 is 0 Å². The van der Waals surface area contributed by atoms with E-state index in [1.165, 1.54) is 31.9 Å². The molecule has 0 aliphatic heterocycles. The molecule has 26 heavy (non-hydrogen) atoms. The quantitative estimate of drug-likeness (QED) is 0.671. The number of hydrogen-bond donors (Lipinski definition) is 2. The van der Waals surface area contributed by atoms with Crippen molar-refractivity contribution in [3.8, 4) is 0 Å². The van der Waals surface area contributed by atoms with Crippen molar-refractivity contribution in [2.75, 3.05) is 11.9 Å². The van der Waals surface area contributed by atoms with Gasteiger partial charge in [-0.2, -0.15) is 0 Å². The number of nitrogens with one attached hydrogen (secondary N) is 2. The maximum Gasteiger partial charge on any atom is 0.286 e. The summed E-state index contributed by atoms with van der Waals surface area (Å²) < 4.78 is 5.03. The second kappa shape index (κ2) is 9.48. The van der Waals surface area contributed by atoms with E-state index in [0.29, 0.717) is 24.6 Å². The Labute approximate surface area is 157 Å². The molecule has 6 heteroatoms. The van der Waals surface area contributed by atoms with Crippen LogP contribution in [-0.2, 0) is 4.79 Å². The average Bonchev–Trinajstić information content (AvgIpc) is 3.34. The van der Waals surface area contributed by atoms with Gasteiger partial charge in [0.2, 0.25) is 5.91 Å². The molecule has 1 aromatic carbocycles. The molecule has 5 nitrogen and oxygen atoms in total. The van der Waals surface area contributed by atoms with Gasteiger partial charge in [-0.1, -0.05) is 25.0 Å². The lowest BCUT2D eigenvalue weighted by atomic mass is 10.2. The van der Waals surface area contributed by atoms with Crippen LogP contribution in [-0.4, -0.2) is 23.6 Å². The summed E-state index contributed by atoms with van der Waals surface area (Å²) in [4.78, 5) is 25.1. The zero-order valence-electron chi connectivity index (χ0n) is 14.7. The monoisotopic (exact) mass is 372 g/mol. The normalized spacial score (nSPS) is 14.3. The minimum atomic E-state index is -0.256. The number of amides is 2. The maximum atomic E-state index is 12.2. The van der Waals surface area contributed by atoms with Crippen molar-refractivity contribution < 1.29 is 14.0 Å². The molecule has 1 aliphatic rings. The first-order valence-corrected chi connectivity index (χ1v) is 9.97. The summed E-state index contributed by atoms with van der Waals surface area (Å²) in [6.07, 6.45) is 7.51. The Balaban J connectivity index is 1.42. The number of rotatable bonds is 8. The summed E-state index contributed by atoms with van der Waals surface area (Å²) in [6.45, 7) is 0.436. The van der Waals surface area contributed by atoms with Gasteiger partial charge in [-0.3, -0.25) is 9.59 Å². The van der Waals surface area contributed by atoms with Crippen LogP contribution in [0.3, 0.4) is 0 Å². The van der Waals surface area contributed by atoms with Gasteiger partial charge in [-0.05, 0) is 43.5 Å².